The van der Waals surface area contributed by atoms with Crippen LogP contribution >= 0.6 is 0 Å². The SMILES string of the molecule is CN1CCCC(NS(=O)(=O)c2cccc3c2CCNC3)C1. The number of likely N-dealkylation sites (tertiary alicyclic amines) is 1. The van der Waals surface area contributed by atoms with Crippen LogP contribution < -0.4 is 10.0 Å². The van der Waals surface area contributed by atoms with Crippen molar-refractivity contribution < 1.29 is 8.42 Å². The summed E-state index contributed by atoms with van der Waals surface area (Å²) >= 11 is 0. The first kappa shape index (κ1) is 15.0. The van der Waals surface area contributed by atoms with Gasteiger partial charge in [-0.15, -0.1) is 0 Å². The molecule has 2 aliphatic rings. The van der Waals surface area contributed by atoms with E-state index in [4.69, 9.17) is 0 Å². The van der Waals surface area contributed by atoms with E-state index in [0.717, 1.165) is 56.6 Å². The third-order valence-electron chi connectivity index (χ3n) is 4.33. The Morgan fingerprint density at radius 3 is 3.05 bits per heavy atom. The van der Waals surface area contributed by atoms with Gasteiger partial charge in [0.2, 0.25) is 10.0 Å². The Labute approximate surface area is 126 Å². The van der Waals surface area contributed by atoms with Crippen molar-refractivity contribution in [3.8, 4) is 0 Å². The van der Waals surface area contributed by atoms with Crippen LogP contribution in [-0.4, -0.2) is 46.0 Å². The second-order valence-corrected chi connectivity index (χ2v) is 7.73. The van der Waals surface area contributed by atoms with Gasteiger partial charge in [0.25, 0.3) is 0 Å². The number of likely N-dealkylation sites (N-methyl/N-ethyl adjacent to an activating group) is 1. The van der Waals surface area contributed by atoms with Crippen molar-refractivity contribution in [2.24, 2.45) is 0 Å². The lowest BCUT2D eigenvalue weighted by Gasteiger charge is -2.30. The van der Waals surface area contributed by atoms with Crippen molar-refractivity contribution in [1.29, 1.82) is 0 Å². The first-order chi connectivity index (χ1) is 10.1. The molecule has 0 spiro atoms. The smallest absolute Gasteiger partial charge is 0.241 e. The van der Waals surface area contributed by atoms with Gasteiger partial charge < -0.3 is 10.2 Å². The zero-order valence-electron chi connectivity index (χ0n) is 12.4. The third-order valence-corrected chi connectivity index (χ3v) is 5.94. The molecular formula is C15H23N3O2S. The second-order valence-electron chi connectivity index (χ2n) is 6.04. The third kappa shape index (κ3) is 3.29. The average Bonchev–Trinajstić information content (AvgIpc) is 2.46. The molecule has 116 valence electrons. The summed E-state index contributed by atoms with van der Waals surface area (Å²) in [6, 6.07) is 5.60. The monoisotopic (exact) mass is 309 g/mol. The Morgan fingerprint density at radius 1 is 1.38 bits per heavy atom. The quantitative estimate of drug-likeness (QED) is 0.863. The van der Waals surface area contributed by atoms with Gasteiger partial charge in [0.1, 0.15) is 0 Å². The van der Waals surface area contributed by atoms with E-state index in [-0.39, 0.29) is 6.04 Å². The summed E-state index contributed by atoms with van der Waals surface area (Å²) in [5.74, 6) is 0. The maximum atomic E-state index is 12.7. The highest BCUT2D eigenvalue weighted by atomic mass is 32.2. The highest BCUT2D eigenvalue weighted by molar-refractivity contribution is 7.89. The number of rotatable bonds is 3. The maximum Gasteiger partial charge on any atom is 0.241 e. The van der Waals surface area contributed by atoms with Crippen LogP contribution in [0.4, 0.5) is 0 Å². The number of sulfonamides is 1. The Hall–Kier alpha value is -0.950. The molecule has 1 saturated heterocycles. The highest BCUT2D eigenvalue weighted by Crippen LogP contribution is 2.23. The Morgan fingerprint density at radius 2 is 2.24 bits per heavy atom. The Bertz CT molecular complexity index is 615. The molecule has 0 amide bonds. The second kappa shape index (κ2) is 6.04. The Kier molecular flexibility index (Phi) is 4.31. The summed E-state index contributed by atoms with van der Waals surface area (Å²) in [5.41, 5.74) is 2.08. The van der Waals surface area contributed by atoms with E-state index in [9.17, 15) is 8.42 Å². The molecule has 0 aliphatic carbocycles. The summed E-state index contributed by atoms with van der Waals surface area (Å²) in [6.45, 7) is 3.43. The molecule has 0 radical (unpaired) electrons. The van der Waals surface area contributed by atoms with Crippen molar-refractivity contribution in [2.45, 2.75) is 36.7 Å². The minimum Gasteiger partial charge on any atom is -0.312 e. The van der Waals surface area contributed by atoms with Gasteiger partial charge in [-0.25, -0.2) is 13.1 Å². The standard InChI is InChI=1S/C15H23N3O2S/c1-18-9-3-5-13(11-18)17-21(19,20)15-6-2-4-12-10-16-8-7-14(12)15/h2,4,6,13,16-17H,3,5,7-11H2,1H3. The van der Waals surface area contributed by atoms with Crippen LogP contribution in [0.5, 0.6) is 0 Å². The summed E-state index contributed by atoms with van der Waals surface area (Å²) in [7, 11) is -1.39. The Balaban J connectivity index is 1.85. The molecule has 3 rings (SSSR count). The van der Waals surface area contributed by atoms with Crippen molar-refractivity contribution in [3.05, 3.63) is 29.3 Å². The van der Waals surface area contributed by atoms with Crippen molar-refractivity contribution in [1.82, 2.24) is 14.9 Å². The van der Waals surface area contributed by atoms with Crippen LogP contribution in [-0.2, 0) is 23.0 Å². The minimum atomic E-state index is -3.43. The summed E-state index contributed by atoms with van der Waals surface area (Å²) < 4.78 is 28.4. The average molecular weight is 309 g/mol. The molecular weight excluding hydrogens is 286 g/mol. The summed E-state index contributed by atoms with van der Waals surface area (Å²) in [5, 5.41) is 3.28. The fourth-order valence-electron chi connectivity index (χ4n) is 3.29. The minimum absolute atomic E-state index is 0.0197. The van der Waals surface area contributed by atoms with E-state index in [1.54, 1.807) is 6.07 Å². The van der Waals surface area contributed by atoms with Crippen molar-refractivity contribution in [2.75, 3.05) is 26.7 Å². The van der Waals surface area contributed by atoms with Gasteiger partial charge in [0.15, 0.2) is 0 Å². The van der Waals surface area contributed by atoms with Gasteiger partial charge >= 0.3 is 0 Å². The molecule has 2 aliphatic heterocycles. The van der Waals surface area contributed by atoms with E-state index in [0.29, 0.717) is 4.90 Å². The topological polar surface area (TPSA) is 61.4 Å². The number of benzene rings is 1. The lowest BCUT2D eigenvalue weighted by molar-refractivity contribution is 0.242. The molecule has 6 heteroatoms. The van der Waals surface area contributed by atoms with E-state index >= 15 is 0 Å². The zero-order valence-corrected chi connectivity index (χ0v) is 13.2. The van der Waals surface area contributed by atoms with E-state index in [1.165, 1.54) is 0 Å². The predicted octanol–water partition coefficient (Wildman–Crippen LogP) is 0.705. The van der Waals surface area contributed by atoms with Gasteiger partial charge in [-0.2, -0.15) is 0 Å². The molecule has 1 unspecified atom stereocenters. The van der Waals surface area contributed by atoms with Gasteiger partial charge in [-0.05, 0) is 56.6 Å². The fraction of sp³-hybridized carbons (Fsp3) is 0.600. The van der Waals surface area contributed by atoms with Crippen LogP contribution in [0.15, 0.2) is 23.1 Å². The first-order valence-corrected chi connectivity index (χ1v) is 9.07. The first-order valence-electron chi connectivity index (χ1n) is 7.58. The zero-order chi connectivity index (χ0) is 14.9. The molecule has 1 atom stereocenters. The molecule has 0 saturated carbocycles. The molecule has 0 bridgehead atoms. The molecule has 1 fully saturated rings. The van der Waals surface area contributed by atoms with Crippen LogP contribution in [0.1, 0.15) is 24.0 Å². The molecule has 0 aromatic heterocycles. The number of hydrogen-bond donors (Lipinski definition) is 2. The van der Waals surface area contributed by atoms with Crippen LogP contribution in [0.3, 0.4) is 0 Å². The number of fused-ring (bicyclic) bond motifs is 1. The molecule has 5 nitrogen and oxygen atoms in total. The highest BCUT2D eigenvalue weighted by Gasteiger charge is 2.27. The van der Waals surface area contributed by atoms with E-state index < -0.39 is 10.0 Å². The lowest BCUT2D eigenvalue weighted by Crippen LogP contribution is -2.46. The molecule has 21 heavy (non-hydrogen) atoms. The fourth-order valence-corrected chi connectivity index (χ4v) is 4.87. The van der Waals surface area contributed by atoms with Crippen molar-refractivity contribution in [3.63, 3.8) is 0 Å². The summed E-state index contributed by atoms with van der Waals surface area (Å²) in [4.78, 5) is 2.65. The molecule has 2 N–H and O–H groups in total. The summed E-state index contributed by atoms with van der Waals surface area (Å²) in [6.07, 6.45) is 2.73. The van der Waals surface area contributed by atoms with Gasteiger partial charge in [-0.3, -0.25) is 0 Å². The largest absolute Gasteiger partial charge is 0.312 e. The van der Waals surface area contributed by atoms with Gasteiger partial charge in [0.05, 0.1) is 4.90 Å². The van der Waals surface area contributed by atoms with Crippen LogP contribution in [0.25, 0.3) is 0 Å². The normalized spacial score (nSPS) is 23.8. The number of nitrogens with one attached hydrogen (secondary N) is 2. The number of hydrogen-bond acceptors (Lipinski definition) is 4. The van der Waals surface area contributed by atoms with E-state index in [1.807, 2.05) is 19.2 Å². The maximum absolute atomic E-state index is 12.7. The van der Waals surface area contributed by atoms with Crippen LogP contribution in [0.2, 0.25) is 0 Å². The van der Waals surface area contributed by atoms with Crippen molar-refractivity contribution >= 4 is 10.0 Å². The van der Waals surface area contributed by atoms with Gasteiger partial charge in [0, 0.05) is 19.1 Å². The number of piperidine rings is 1. The number of nitrogens with zero attached hydrogens (tertiary/aromatic N) is 1. The van der Waals surface area contributed by atoms with E-state index in [2.05, 4.69) is 14.9 Å². The molecule has 1 aromatic carbocycles. The van der Waals surface area contributed by atoms with Crippen LogP contribution in [0, 0.1) is 0 Å². The lowest BCUT2D eigenvalue weighted by atomic mass is 10.0. The molecule has 2 heterocycles. The van der Waals surface area contributed by atoms with Gasteiger partial charge in [-0.1, -0.05) is 12.1 Å². The molecule has 1 aromatic rings. The predicted molar refractivity (Wildman–Crippen MR) is 82.7 cm³/mol.